The fraction of sp³-hybridized carbons (Fsp3) is 1.00. The predicted molar refractivity (Wildman–Crippen MR) is 75.5 cm³/mol. The number of nitrogens with one attached hydrogen (secondary N) is 1. The van der Waals surface area contributed by atoms with Crippen molar-refractivity contribution in [3.05, 3.63) is 0 Å². The van der Waals surface area contributed by atoms with Crippen LogP contribution in [0, 0.1) is 5.92 Å². The average Bonchev–Trinajstić information content (AvgIpc) is 2.27. The molecule has 17 heavy (non-hydrogen) atoms. The number of rotatable bonds is 8. The van der Waals surface area contributed by atoms with Crippen LogP contribution in [0.3, 0.4) is 0 Å². The molecule has 3 nitrogen and oxygen atoms in total. The minimum Gasteiger partial charge on any atom is -0.377 e. The van der Waals surface area contributed by atoms with Crippen LogP contribution >= 0.6 is 0 Å². The summed E-state index contributed by atoms with van der Waals surface area (Å²) in [5.74, 6) is 0.674. The second-order valence-corrected chi connectivity index (χ2v) is 5.84. The zero-order valence-electron chi connectivity index (χ0n) is 13.0. The van der Waals surface area contributed by atoms with Crippen molar-refractivity contribution in [3.63, 3.8) is 0 Å². The summed E-state index contributed by atoms with van der Waals surface area (Å²) in [6, 6.07) is 0.938. The van der Waals surface area contributed by atoms with Crippen LogP contribution in [0.15, 0.2) is 0 Å². The summed E-state index contributed by atoms with van der Waals surface area (Å²) in [7, 11) is 3.98. The van der Waals surface area contributed by atoms with Gasteiger partial charge in [0.15, 0.2) is 0 Å². The summed E-state index contributed by atoms with van der Waals surface area (Å²) < 4.78 is 5.60. The lowest BCUT2D eigenvalue weighted by Gasteiger charge is -2.38. The van der Waals surface area contributed by atoms with Crippen molar-refractivity contribution in [1.82, 2.24) is 10.2 Å². The molecule has 0 saturated heterocycles. The maximum absolute atomic E-state index is 5.60. The topological polar surface area (TPSA) is 24.5 Å². The number of nitrogens with zero attached hydrogens (tertiary/aromatic N) is 1. The van der Waals surface area contributed by atoms with Crippen molar-refractivity contribution in [2.24, 2.45) is 5.92 Å². The Kier molecular flexibility index (Phi) is 7.29. The van der Waals surface area contributed by atoms with Gasteiger partial charge in [-0.05, 0) is 40.3 Å². The Morgan fingerprint density at radius 2 is 1.76 bits per heavy atom. The van der Waals surface area contributed by atoms with E-state index >= 15 is 0 Å². The Bertz CT molecular complexity index is 204. The number of ether oxygens (including phenoxy) is 1. The van der Waals surface area contributed by atoms with Gasteiger partial charge in [-0.15, -0.1) is 0 Å². The molecule has 0 aliphatic carbocycles. The van der Waals surface area contributed by atoms with Crippen molar-refractivity contribution in [3.8, 4) is 0 Å². The molecule has 1 N–H and O–H groups in total. The molecule has 0 aliphatic rings. The standard InChI is InChI=1S/C14H32N2O/c1-9-15-13(14(5,6)17-8)10-16(7)12(4)11(2)3/h11-13,15H,9-10H2,1-8H3. The van der Waals surface area contributed by atoms with E-state index in [1.165, 1.54) is 0 Å². The van der Waals surface area contributed by atoms with Gasteiger partial charge in [-0.2, -0.15) is 0 Å². The first-order chi connectivity index (χ1) is 7.76. The van der Waals surface area contributed by atoms with Crippen molar-refractivity contribution < 1.29 is 4.74 Å². The highest BCUT2D eigenvalue weighted by Crippen LogP contribution is 2.17. The zero-order chi connectivity index (χ0) is 13.6. The number of hydrogen-bond acceptors (Lipinski definition) is 3. The normalized spacial score (nSPS) is 16.6. The van der Waals surface area contributed by atoms with E-state index in [4.69, 9.17) is 4.74 Å². The molecule has 0 rings (SSSR count). The van der Waals surface area contributed by atoms with Crippen LogP contribution in [-0.2, 0) is 4.74 Å². The van der Waals surface area contributed by atoms with Gasteiger partial charge in [-0.1, -0.05) is 20.8 Å². The number of hydrogen-bond donors (Lipinski definition) is 1. The van der Waals surface area contributed by atoms with E-state index in [2.05, 4.69) is 58.8 Å². The van der Waals surface area contributed by atoms with Crippen LogP contribution in [0.1, 0.15) is 41.5 Å². The summed E-state index contributed by atoms with van der Waals surface area (Å²) in [6.45, 7) is 15.2. The van der Waals surface area contributed by atoms with Gasteiger partial charge in [0.05, 0.1) is 5.60 Å². The third-order valence-corrected chi connectivity index (χ3v) is 3.95. The van der Waals surface area contributed by atoms with Crippen LogP contribution in [-0.4, -0.2) is 49.8 Å². The molecule has 0 aromatic carbocycles. The zero-order valence-corrected chi connectivity index (χ0v) is 13.0. The van der Waals surface area contributed by atoms with Gasteiger partial charge in [0.1, 0.15) is 0 Å². The molecular formula is C14H32N2O. The van der Waals surface area contributed by atoms with E-state index in [0.717, 1.165) is 13.1 Å². The Balaban J connectivity index is 4.54. The predicted octanol–water partition coefficient (Wildman–Crippen LogP) is 2.37. The lowest BCUT2D eigenvalue weighted by molar-refractivity contribution is -0.0215. The largest absolute Gasteiger partial charge is 0.377 e. The highest BCUT2D eigenvalue weighted by molar-refractivity contribution is 4.88. The molecule has 0 spiro atoms. The maximum Gasteiger partial charge on any atom is 0.0787 e. The summed E-state index contributed by atoms with van der Waals surface area (Å²) in [4.78, 5) is 2.42. The summed E-state index contributed by atoms with van der Waals surface area (Å²) in [6.07, 6.45) is 0. The molecule has 104 valence electrons. The lowest BCUT2D eigenvalue weighted by Crippen LogP contribution is -2.55. The van der Waals surface area contributed by atoms with Crippen molar-refractivity contribution in [2.75, 3.05) is 27.2 Å². The Morgan fingerprint density at radius 3 is 2.12 bits per heavy atom. The molecule has 0 saturated carbocycles. The second kappa shape index (κ2) is 7.34. The molecular weight excluding hydrogens is 212 g/mol. The van der Waals surface area contributed by atoms with Crippen molar-refractivity contribution >= 4 is 0 Å². The summed E-state index contributed by atoms with van der Waals surface area (Å²) in [5.41, 5.74) is -0.138. The van der Waals surface area contributed by atoms with Gasteiger partial charge in [0.25, 0.3) is 0 Å². The Morgan fingerprint density at radius 1 is 1.24 bits per heavy atom. The molecule has 3 heteroatoms. The van der Waals surface area contributed by atoms with Crippen LogP contribution in [0.4, 0.5) is 0 Å². The third kappa shape index (κ3) is 5.36. The molecule has 0 bridgehead atoms. The smallest absolute Gasteiger partial charge is 0.0787 e. The van der Waals surface area contributed by atoms with Crippen LogP contribution in [0.25, 0.3) is 0 Å². The van der Waals surface area contributed by atoms with E-state index in [1.54, 1.807) is 7.11 Å². The van der Waals surface area contributed by atoms with E-state index in [0.29, 0.717) is 18.0 Å². The monoisotopic (exact) mass is 244 g/mol. The van der Waals surface area contributed by atoms with Gasteiger partial charge < -0.3 is 15.0 Å². The van der Waals surface area contributed by atoms with E-state index < -0.39 is 0 Å². The van der Waals surface area contributed by atoms with Crippen LogP contribution < -0.4 is 5.32 Å². The summed E-state index contributed by atoms with van der Waals surface area (Å²) in [5, 5.41) is 3.53. The van der Waals surface area contributed by atoms with Gasteiger partial charge in [0, 0.05) is 25.7 Å². The number of methoxy groups -OCH3 is 1. The summed E-state index contributed by atoms with van der Waals surface area (Å²) >= 11 is 0. The molecule has 0 aromatic heterocycles. The van der Waals surface area contributed by atoms with Gasteiger partial charge in [-0.25, -0.2) is 0 Å². The quantitative estimate of drug-likeness (QED) is 0.709. The lowest BCUT2D eigenvalue weighted by atomic mass is 9.96. The molecule has 0 aliphatic heterocycles. The first-order valence-electron chi connectivity index (χ1n) is 6.75. The molecule has 0 amide bonds. The Hall–Kier alpha value is -0.120. The van der Waals surface area contributed by atoms with Gasteiger partial charge in [0.2, 0.25) is 0 Å². The maximum atomic E-state index is 5.60. The molecule has 2 unspecified atom stereocenters. The van der Waals surface area contributed by atoms with Gasteiger partial charge in [-0.3, -0.25) is 0 Å². The molecule has 0 aromatic rings. The highest BCUT2D eigenvalue weighted by Gasteiger charge is 2.30. The van der Waals surface area contributed by atoms with E-state index in [-0.39, 0.29) is 5.60 Å². The van der Waals surface area contributed by atoms with Crippen LogP contribution in [0.5, 0.6) is 0 Å². The van der Waals surface area contributed by atoms with E-state index in [9.17, 15) is 0 Å². The second-order valence-electron chi connectivity index (χ2n) is 5.84. The average molecular weight is 244 g/mol. The van der Waals surface area contributed by atoms with Crippen molar-refractivity contribution in [1.29, 1.82) is 0 Å². The highest BCUT2D eigenvalue weighted by atomic mass is 16.5. The third-order valence-electron chi connectivity index (χ3n) is 3.95. The molecule has 0 heterocycles. The van der Waals surface area contributed by atoms with E-state index in [1.807, 2.05) is 0 Å². The minimum absolute atomic E-state index is 0.138. The minimum atomic E-state index is -0.138. The van der Waals surface area contributed by atoms with Crippen LogP contribution in [0.2, 0.25) is 0 Å². The SMILES string of the molecule is CCNC(CN(C)C(C)C(C)C)C(C)(C)OC. The Labute approximate surface area is 108 Å². The number of likely N-dealkylation sites (N-methyl/N-ethyl adjacent to an activating group) is 2. The molecule has 0 fully saturated rings. The molecule has 0 radical (unpaired) electrons. The first-order valence-corrected chi connectivity index (χ1v) is 6.75. The molecule has 2 atom stereocenters. The fourth-order valence-corrected chi connectivity index (χ4v) is 1.88. The fourth-order valence-electron chi connectivity index (χ4n) is 1.88. The first kappa shape index (κ1) is 16.9. The van der Waals surface area contributed by atoms with Gasteiger partial charge >= 0.3 is 0 Å². The van der Waals surface area contributed by atoms with Crippen molar-refractivity contribution in [2.45, 2.75) is 59.2 Å².